The molecule has 0 amide bonds. The minimum atomic E-state index is -2.78. The second-order valence-corrected chi connectivity index (χ2v) is 12.1. The van der Waals surface area contributed by atoms with Crippen LogP contribution in [-0.2, 0) is 20.9 Å². The molecule has 0 spiro atoms. The van der Waals surface area contributed by atoms with Gasteiger partial charge >= 0.3 is 14.1 Å². The third-order valence-electron chi connectivity index (χ3n) is 7.79. The maximum atomic E-state index is 15.8. The quantitative estimate of drug-likeness (QED) is 0.151. The highest BCUT2D eigenvalue weighted by Crippen LogP contribution is 2.44. The summed E-state index contributed by atoms with van der Waals surface area (Å²) in [5.41, 5.74) is 5.00. The molecule has 0 bridgehead atoms. The molecule has 1 fully saturated rings. The first-order valence-corrected chi connectivity index (χ1v) is 16.0. The van der Waals surface area contributed by atoms with Gasteiger partial charge in [-0.3, -0.25) is 9.09 Å². The van der Waals surface area contributed by atoms with E-state index in [9.17, 15) is 14.8 Å². The Balaban J connectivity index is 1.20. The first-order chi connectivity index (χ1) is 23.1. The number of nitrogen functional groups attached to an aromatic ring is 1. The van der Waals surface area contributed by atoms with Crippen molar-refractivity contribution in [2.75, 3.05) is 19.5 Å². The van der Waals surface area contributed by atoms with E-state index in [4.69, 9.17) is 29.2 Å². The zero-order valence-electron chi connectivity index (χ0n) is 26.1. The van der Waals surface area contributed by atoms with E-state index in [1.54, 1.807) is 24.3 Å². The highest BCUT2D eigenvalue weighted by atomic mass is 31.1. The second-order valence-electron chi connectivity index (χ2n) is 11.2. The zero-order valence-corrected chi connectivity index (χ0v) is 27.0. The summed E-state index contributed by atoms with van der Waals surface area (Å²) in [6.45, 7) is 2.41. The van der Waals surface area contributed by atoms with Crippen LogP contribution in [0.1, 0.15) is 25.6 Å². The lowest BCUT2D eigenvalue weighted by molar-refractivity contribution is -0.169. The smallest absolute Gasteiger partial charge is 0.395 e. The molecule has 3 N–H and O–H groups in total. The van der Waals surface area contributed by atoms with E-state index < -0.39 is 44.3 Å². The number of carbonyl (C=O) groups is 1. The fraction of sp³-hybridized carbons (Fsp3) is 0.312. The summed E-state index contributed by atoms with van der Waals surface area (Å²) < 4.78 is 49.4. The molecule has 1 aliphatic rings. The number of esters is 1. The van der Waals surface area contributed by atoms with E-state index in [0.717, 1.165) is 10.9 Å². The van der Waals surface area contributed by atoms with Gasteiger partial charge in [-0.1, -0.05) is 65.4 Å². The van der Waals surface area contributed by atoms with E-state index in [2.05, 4.69) is 19.7 Å². The summed E-state index contributed by atoms with van der Waals surface area (Å²) in [7, 11) is -1.39. The molecule has 0 radical (unpaired) electrons. The lowest BCUT2D eigenvalue weighted by atomic mass is 9.98. The molecule has 48 heavy (non-hydrogen) atoms. The molecule has 14 nitrogen and oxygen atoms in total. The average Bonchev–Trinajstić information content (AvgIpc) is 3.59. The predicted octanol–water partition coefficient (Wildman–Crippen LogP) is 4.00. The molecule has 6 atom stereocenters. The monoisotopic (exact) mass is 678 g/mol. The van der Waals surface area contributed by atoms with Crippen LogP contribution in [0.4, 0.5) is 10.3 Å². The molecule has 1 saturated heterocycles. The summed E-state index contributed by atoms with van der Waals surface area (Å²) in [6.07, 6.45) is -3.13. The fourth-order valence-electron chi connectivity index (χ4n) is 5.32. The van der Waals surface area contributed by atoms with Crippen molar-refractivity contribution in [1.29, 1.82) is 0 Å². The van der Waals surface area contributed by atoms with Crippen molar-refractivity contribution < 1.29 is 42.7 Å². The van der Waals surface area contributed by atoms with Crippen molar-refractivity contribution in [3.8, 4) is 17.4 Å². The summed E-state index contributed by atoms with van der Waals surface area (Å²) in [5.74, 6) is -0.489. The number of alkyl halides is 1. The highest BCUT2D eigenvalue weighted by Gasteiger charge is 2.55. The minimum Gasteiger partial charge on any atom is -0.575 e. The maximum absolute atomic E-state index is 15.8. The molecule has 3 aromatic carbocycles. The number of benzene rings is 3. The lowest BCUT2D eigenvalue weighted by Gasteiger charge is -2.26. The normalized spacial score (nSPS) is 21.7. The largest absolute Gasteiger partial charge is 0.575 e. The number of hydrogen-bond acceptors (Lipinski definition) is 13. The fourth-order valence-corrected chi connectivity index (χ4v) is 6.09. The number of carbonyl (C=O) groups excluding carboxylic acids is 1. The number of anilines is 1. The van der Waals surface area contributed by atoms with E-state index in [1.165, 1.54) is 31.9 Å². The Morgan fingerprint density at radius 3 is 2.71 bits per heavy atom. The summed E-state index contributed by atoms with van der Waals surface area (Å²) in [4.78, 5) is 38.0. The van der Waals surface area contributed by atoms with Crippen LogP contribution in [0.5, 0.6) is 17.4 Å². The van der Waals surface area contributed by atoms with E-state index in [-0.39, 0.29) is 47.7 Å². The number of nitrogens with zero attached hydrogens (tertiary/aromatic N) is 5. The van der Waals surface area contributed by atoms with Crippen LogP contribution >= 0.6 is 8.17 Å². The summed E-state index contributed by atoms with van der Waals surface area (Å²) >= 11 is 0. The van der Waals surface area contributed by atoms with Crippen molar-refractivity contribution in [1.82, 2.24) is 19.5 Å². The van der Waals surface area contributed by atoms with Gasteiger partial charge < -0.3 is 34.7 Å². The molecular formula is C32H32FN6O8P. The third kappa shape index (κ3) is 6.58. The van der Waals surface area contributed by atoms with Crippen molar-refractivity contribution in [3.05, 3.63) is 78.6 Å². The Morgan fingerprint density at radius 2 is 1.94 bits per heavy atom. The molecule has 0 aliphatic carbocycles. The van der Waals surface area contributed by atoms with Gasteiger partial charge in [0.1, 0.15) is 24.9 Å². The molecule has 6 rings (SSSR count). The van der Waals surface area contributed by atoms with Crippen molar-refractivity contribution in [2.45, 2.75) is 50.6 Å². The molecule has 0 saturated carbocycles. The van der Waals surface area contributed by atoms with E-state index in [0.29, 0.717) is 5.39 Å². The van der Waals surface area contributed by atoms with Gasteiger partial charge in [0, 0.05) is 5.39 Å². The number of methoxy groups -OCH3 is 1. The number of hydrogen-bond donors (Lipinski definition) is 2. The Morgan fingerprint density at radius 1 is 1.19 bits per heavy atom. The van der Waals surface area contributed by atoms with Gasteiger partial charge in [0.05, 0.1) is 13.4 Å². The highest BCUT2D eigenvalue weighted by molar-refractivity contribution is 7.34. The van der Waals surface area contributed by atoms with Gasteiger partial charge in [0.25, 0.3) is 0 Å². The van der Waals surface area contributed by atoms with Gasteiger partial charge in [-0.2, -0.15) is 9.97 Å². The number of halogens is 1. The van der Waals surface area contributed by atoms with Crippen molar-refractivity contribution >= 4 is 42.0 Å². The van der Waals surface area contributed by atoms with Gasteiger partial charge in [0.15, 0.2) is 35.4 Å². The van der Waals surface area contributed by atoms with Crippen LogP contribution in [0.15, 0.2) is 77.8 Å². The first-order valence-electron chi connectivity index (χ1n) is 14.8. The summed E-state index contributed by atoms with van der Waals surface area (Å²) in [5, 5.41) is 12.5. The standard InChI is InChI=1S/C32H32FN6O8P/c1-18(29(40)45-15-19-9-5-4-6-10-19)38-48(42)47-25-21-12-8-7-11-20(21)13-14-22(25)44-16-23-26(33)32(2,41)30(46-23)39-17-35-24-27(39)36-31(34)37-28(24)43-3/h4-14,17-18,23,26,30,41H,15-16H2,1-3H3,(H2,34,36,37)/t18-,23+,26-,30+,32+/m0/s1. The van der Waals surface area contributed by atoms with E-state index >= 15 is 4.39 Å². The Labute approximate surface area is 274 Å². The predicted molar refractivity (Wildman–Crippen MR) is 171 cm³/mol. The Bertz CT molecular complexity index is 1980. The number of fused-ring (bicyclic) bond motifs is 2. The number of imidazole rings is 1. The van der Waals surface area contributed by atoms with Crippen LogP contribution in [-0.4, -0.2) is 68.2 Å². The molecule has 1 unspecified atom stereocenters. The van der Waals surface area contributed by atoms with Crippen molar-refractivity contribution in [3.63, 3.8) is 0 Å². The van der Waals surface area contributed by atoms with Crippen LogP contribution in [0.25, 0.3) is 21.9 Å². The Hall–Kier alpha value is -4.95. The third-order valence-corrected chi connectivity index (χ3v) is 8.66. The van der Waals surface area contributed by atoms with Crippen molar-refractivity contribution in [2.24, 2.45) is 4.74 Å². The average molecular weight is 679 g/mol. The number of aliphatic hydroxyl groups is 1. The minimum absolute atomic E-state index is 0.0398. The molecule has 2 aromatic heterocycles. The zero-order chi connectivity index (χ0) is 34.0. The van der Waals surface area contributed by atoms with Crippen LogP contribution in [0.2, 0.25) is 0 Å². The van der Waals surface area contributed by atoms with Gasteiger partial charge in [-0.05, 0) is 30.9 Å². The Kier molecular flexibility index (Phi) is 9.38. The molecule has 250 valence electrons. The van der Waals surface area contributed by atoms with Gasteiger partial charge in [0.2, 0.25) is 17.6 Å². The SMILES string of the molecule is COc1nc(N)nc2c1ncn2[C@@H]1O[C@H](COc2ccc3ccccc3c2O[P+]([O-])=N[C@@H](C)C(=O)OCc2ccccc2)[C@H](F)[C@@]1(C)O. The van der Waals surface area contributed by atoms with Crippen LogP contribution < -0.4 is 24.6 Å². The number of rotatable bonds is 11. The number of ether oxygens (including phenoxy) is 4. The molecule has 1 aliphatic heterocycles. The van der Waals surface area contributed by atoms with Gasteiger partial charge in [-0.25, -0.2) is 14.2 Å². The number of nitrogens with two attached hydrogens (primary N) is 1. The molecular weight excluding hydrogens is 646 g/mol. The second kappa shape index (κ2) is 13.6. The lowest BCUT2D eigenvalue weighted by Crippen LogP contribution is -2.42. The molecule has 3 heterocycles. The van der Waals surface area contributed by atoms with Gasteiger partial charge in [-0.15, -0.1) is 0 Å². The number of aromatic nitrogens is 4. The topological polar surface area (TPSA) is 188 Å². The van der Waals surface area contributed by atoms with E-state index in [1.807, 2.05) is 42.5 Å². The molecule has 5 aromatic rings. The molecule has 16 heteroatoms. The summed E-state index contributed by atoms with van der Waals surface area (Å²) in [6, 6.07) is 18.5. The maximum Gasteiger partial charge on any atom is 0.395 e. The van der Waals surface area contributed by atoms with Crippen LogP contribution in [0, 0.1) is 0 Å². The first kappa shape index (κ1) is 33.0. The van der Waals surface area contributed by atoms with Crippen LogP contribution in [0.3, 0.4) is 0 Å².